The van der Waals surface area contributed by atoms with Crippen LogP contribution in [0.4, 0.5) is 19.0 Å². The fourth-order valence-electron chi connectivity index (χ4n) is 1.48. The quantitative estimate of drug-likeness (QED) is 0.776. The molecule has 3 N–H and O–H groups in total. The molecule has 11 heteroatoms. The lowest BCUT2D eigenvalue weighted by Crippen LogP contribution is -2.21. The van der Waals surface area contributed by atoms with Gasteiger partial charge >= 0.3 is 18.1 Å². The lowest BCUT2D eigenvalue weighted by Gasteiger charge is -2.07. The van der Waals surface area contributed by atoms with E-state index in [0.717, 1.165) is 17.0 Å². The van der Waals surface area contributed by atoms with Crippen LogP contribution in [0, 0.1) is 6.92 Å². The summed E-state index contributed by atoms with van der Waals surface area (Å²) in [5.41, 5.74) is 1.80. The zero-order valence-corrected chi connectivity index (χ0v) is 11.8. The Kier molecular flexibility index (Phi) is 5.87. The second-order valence-corrected chi connectivity index (χ2v) is 4.32. The Morgan fingerprint density at radius 2 is 1.91 bits per heavy atom. The number of carboxylic acid groups (broad SMARTS) is 2. The molecule has 0 radical (unpaired) electrons. The fraction of sp³-hybridized carbons (Fsp3) is 0.333. The van der Waals surface area contributed by atoms with Gasteiger partial charge in [0, 0.05) is 6.54 Å². The Balaban J connectivity index is 0.000000322. The van der Waals surface area contributed by atoms with Crippen molar-refractivity contribution in [3.05, 3.63) is 24.0 Å². The fourth-order valence-corrected chi connectivity index (χ4v) is 1.48. The Hall–Kier alpha value is -2.85. The molecule has 0 aromatic carbocycles. The van der Waals surface area contributed by atoms with Crippen LogP contribution in [0.3, 0.4) is 0 Å². The van der Waals surface area contributed by atoms with E-state index in [4.69, 9.17) is 15.0 Å². The number of carboxylic acids is 2. The zero-order valence-electron chi connectivity index (χ0n) is 11.8. The number of aromatic nitrogens is 3. The number of halogens is 3. The van der Waals surface area contributed by atoms with Crippen LogP contribution in [0.1, 0.15) is 12.0 Å². The molecular weight excluding hydrogens is 321 g/mol. The lowest BCUT2D eigenvalue weighted by atomic mass is 10.3. The van der Waals surface area contributed by atoms with Crippen LogP contribution in [-0.4, -0.2) is 49.5 Å². The number of alkyl halides is 3. The molecule has 2 aromatic heterocycles. The van der Waals surface area contributed by atoms with Crippen LogP contribution >= 0.6 is 0 Å². The van der Waals surface area contributed by atoms with Crippen molar-refractivity contribution in [2.24, 2.45) is 0 Å². The minimum Gasteiger partial charge on any atom is -0.481 e. The number of nitrogens with one attached hydrogen (secondary N) is 1. The molecule has 0 amide bonds. The van der Waals surface area contributed by atoms with E-state index in [2.05, 4.69) is 15.4 Å². The van der Waals surface area contributed by atoms with Gasteiger partial charge in [-0.05, 0) is 24.6 Å². The topological polar surface area (TPSA) is 117 Å². The molecule has 0 atom stereocenters. The van der Waals surface area contributed by atoms with Gasteiger partial charge in [0.1, 0.15) is 12.1 Å². The molecule has 0 unspecified atom stereocenters. The SMILES string of the molecule is Cc1cc(NCCC(=O)O)n2ncnc2c1.O=C(O)C(F)(F)F. The van der Waals surface area contributed by atoms with Crippen molar-refractivity contribution in [2.45, 2.75) is 19.5 Å². The van der Waals surface area contributed by atoms with Gasteiger partial charge in [-0.15, -0.1) is 0 Å². The molecule has 0 aliphatic carbocycles. The maximum Gasteiger partial charge on any atom is 0.490 e. The zero-order chi connectivity index (χ0) is 17.6. The van der Waals surface area contributed by atoms with Crippen LogP contribution in [0.5, 0.6) is 0 Å². The molecule has 23 heavy (non-hydrogen) atoms. The normalized spacial score (nSPS) is 10.8. The van der Waals surface area contributed by atoms with E-state index < -0.39 is 18.1 Å². The largest absolute Gasteiger partial charge is 0.490 e. The van der Waals surface area contributed by atoms with Gasteiger partial charge in [0.15, 0.2) is 5.65 Å². The van der Waals surface area contributed by atoms with Gasteiger partial charge in [-0.25, -0.2) is 9.78 Å². The summed E-state index contributed by atoms with van der Waals surface area (Å²) in [5, 5.41) is 22.7. The molecule has 0 aliphatic heterocycles. The Bertz CT molecular complexity index is 699. The van der Waals surface area contributed by atoms with E-state index in [-0.39, 0.29) is 6.42 Å². The van der Waals surface area contributed by atoms with E-state index in [1.165, 1.54) is 6.33 Å². The maximum atomic E-state index is 10.6. The van der Waals surface area contributed by atoms with Crippen molar-refractivity contribution in [1.29, 1.82) is 0 Å². The summed E-state index contributed by atoms with van der Waals surface area (Å²) >= 11 is 0. The van der Waals surface area contributed by atoms with E-state index in [9.17, 15) is 18.0 Å². The molecule has 8 nitrogen and oxygen atoms in total. The van der Waals surface area contributed by atoms with Gasteiger partial charge in [-0.2, -0.15) is 22.8 Å². The first-order valence-electron chi connectivity index (χ1n) is 6.17. The average molecular weight is 334 g/mol. The molecule has 2 aromatic rings. The Morgan fingerprint density at radius 1 is 1.30 bits per heavy atom. The molecule has 0 aliphatic rings. The number of nitrogens with zero attached hydrogens (tertiary/aromatic N) is 3. The third-order valence-electron chi connectivity index (χ3n) is 2.41. The van der Waals surface area contributed by atoms with E-state index in [0.29, 0.717) is 6.54 Å². The third kappa shape index (κ3) is 5.80. The van der Waals surface area contributed by atoms with E-state index in [1.54, 1.807) is 4.52 Å². The van der Waals surface area contributed by atoms with Crippen LogP contribution in [0.15, 0.2) is 18.5 Å². The molecule has 2 rings (SSSR count). The number of hydrogen-bond donors (Lipinski definition) is 3. The summed E-state index contributed by atoms with van der Waals surface area (Å²) in [6, 6.07) is 3.82. The lowest BCUT2D eigenvalue weighted by molar-refractivity contribution is -0.192. The molecule has 0 saturated heterocycles. The molecule has 0 bridgehead atoms. The minimum absolute atomic E-state index is 0.0735. The van der Waals surface area contributed by atoms with Crippen molar-refractivity contribution in [3.63, 3.8) is 0 Å². The predicted octanol–water partition coefficient (Wildman–Crippen LogP) is 1.56. The monoisotopic (exact) mass is 334 g/mol. The third-order valence-corrected chi connectivity index (χ3v) is 2.41. The number of rotatable bonds is 4. The average Bonchev–Trinajstić information content (AvgIpc) is 2.85. The number of carbonyl (C=O) groups is 2. The number of pyridine rings is 1. The molecule has 0 saturated carbocycles. The van der Waals surface area contributed by atoms with Gasteiger partial charge in [-0.3, -0.25) is 4.79 Å². The summed E-state index contributed by atoms with van der Waals surface area (Å²) in [4.78, 5) is 23.4. The Labute approximate surface area is 127 Å². The first-order chi connectivity index (χ1) is 10.6. The van der Waals surface area contributed by atoms with Gasteiger partial charge in [0.25, 0.3) is 0 Å². The van der Waals surface area contributed by atoms with Crippen molar-refractivity contribution >= 4 is 23.4 Å². The second-order valence-electron chi connectivity index (χ2n) is 4.32. The summed E-state index contributed by atoms with van der Waals surface area (Å²) in [6.07, 6.45) is -3.54. The first kappa shape index (κ1) is 18.2. The van der Waals surface area contributed by atoms with Crippen molar-refractivity contribution in [2.75, 3.05) is 11.9 Å². The van der Waals surface area contributed by atoms with E-state index >= 15 is 0 Å². The number of aryl methyl sites for hydroxylation is 1. The molecule has 0 fully saturated rings. The second kappa shape index (κ2) is 7.42. The molecule has 0 spiro atoms. The van der Waals surface area contributed by atoms with Crippen LogP contribution in [0.2, 0.25) is 0 Å². The highest BCUT2D eigenvalue weighted by molar-refractivity contribution is 5.73. The smallest absolute Gasteiger partial charge is 0.481 e. The van der Waals surface area contributed by atoms with Gasteiger partial charge in [0.2, 0.25) is 0 Å². The van der Waals surface area contributed by atoms with Crippen LogP contribution < -0.4 is 5.32 Å². The standard InChI is InChI=1S/C10H12N4O2.C2HF3O2/c1-7-4-8(11-3-2-10(15)16)14-9(5-7)12-6-13-14;3-2(4,5)1(6)7/h4-6,11H,2-3H2,1H3,(H,15,16);(H,6,7). The van der Waals surface area contributed by atoms with Gasteiger partial charge in [-0.1, -0.05) is 0 Å². The Morgan fingerprint density at radius 3 is 2.43 bits per heavy atom. The number of aliphatic carboxylic acids is 2. The summed E-state index contributed by atoms with van der Waals surface area (Å²) in [5.74, 6) is -2.82. The van der Waals surface area contributed by atoms with Crippen LogP contribution in [0.25, 0.3) is 5.65 Å². The van der Waals surface area contributed by atoms with E-state index in [1.807, 2.05) is 19.1 Å². The highest BCUT2D eigenvalue weighted by Crippen LogP contribution is 2.13. The predicted molar refractivity (Wildman–Crippen MR) is 72.2 cm³/mol. The van der Waals surface area contributed by atoms with Crippen LogP contribution in [-0.2, 0) is 9.59 Å². The summed E-state index contributed by atoms with van der Waals surface area (Å²) in [7, 11) is 0. The van der Waals surface area contributed by atoms with Crippen molar-refractivity contribution in [1.82, 2.24) is 14.6 Å². The maximum absolute atomic E-state index is 10.6. The summed E-state index contributed by atoms with van der Waals surface area (Å²) in [6.45, 7) is 2.32. The number of fused-ring (bicyclic) bond motifs is 1. The summed E-state index contributed by atoms with van der Waals surface area (Å²) < 4.78 is 33.4. The first-order valence-corrected chi connectivity index (χ1v) is 6.17. The number of anilines is 1. The molecular formula is C12H13F3N4O4. The number of hydrogen-bond acceptors (Lipinski definition) is 5. The highest BCUT2D eigenvalue weighted by Gasteiger charge is 2.38. The van der Waals surface area contributed by atoms with Gasteiger partial charge < -0.3 is 15.5 Å². The van der Waals surface area contributed by atoms with Crippen molar-refractivity contribution in [3.8, 4) is 0 Å². The molecule has 2 heterocycles. The van der Waals surface area contributed by atoms with Gasteiger partial charge in [0.05, 0.1) is 6.42 Å². The highest BCUT2D eigenvalue weighted by atomic mass is 19.4. The minimum atomic E-state index is -5.08. The molecule has 126 valence electrons. The van der Waals surface area contributed by atoms with Crippen molar-refractivity contribution < 1.29 is 33.0 Å².